The van der Waals surface area contributed by atoms with Gasteiger partial charge in [0.2, 0.25) is 5.91 Å². The fraction of sp³-hybridized carbons (Fsp3) is 0.364. The molecule has 0 fully saturated rings. The van der Waals surface area contributed by atoms with E-state index in [9.17, 15) is 4.79 Å². The lowest BCUT2D eigenvalue weighted by Crippen LogP contribution is -2.39. The van der Waals surface area contributed by atoms with Gasteiger partial charge in [-0.05, 0) is 30.7 Å². The summed E-state index contributed by atoms with van der Waals surface area (Å²) in [5, 5.41) is 6.11. The molecule has 2 rings (SSSR count). The number of halogens is 1. The summed E-state index contributed by atoms with van der Waals surface area (Å²) in [6, 6.07) is 15.4. The van der Waals surface area contributed by atoms with E-state index < -0.39 is 0 Å². The van der Waals surface area contributed by atoms with Crippen molar-refractivity contribution < 1.29 is 14.3 Å². The Balaban J connectivity index is 0.00000450. The number of methoxy groups -OCH3 is 2. The number of nitrogens with zero attached hydrogens (tertiary/aromatic N) is 2. The van der Waals surface area contributed by atoms with E-state index in [2.05, 4.69) is 15.6 Å². The first-order chi connectivity index (χ1) is 14.1. The summed E-state index contributed by atoms with van der Waals surface area (Å²) in [6.07, 6.45) is 0. The van der Waals surface area contributed by atoms with E-state index >= 15 is 0 Å². The summed E-state index contributed by atoms with van der Waals surface area (Å²) in [4.78, 5) is 18.7. The normalized spacial score (nSPS) is 10.6. The van der Waals surface area contributed by atoms with Crippen molar-refractivity contribution in [3.63, 3.8) is 0 Å². The van der Waals surface area contributed by atoms with Crippen molar-refractivity contribution in [3.8, 4) is 11.5 Å². The molecule has 0 saturated carbocycles. The quantitative estimate of drug-likeness (QED) is 0.299. The van der Waals surface area contributed by atoms with Crippen LogP contribution in [-0.4, -0.2) is 51.1 Å². The molecule has 164 valence electrons. The first kappa shape index (κ1) is 25.5. The second kappa shape index (κ2) is 13.7. The van der Waals surface area contributed by atoms with Gasteiger partial charge in [-0.15, -0.1) is 24.0 Å². The van der Waals surface area contributed by atoms with Crippen LogP contribution in [0.4, 0.5) is 0 Å². The average Bonchev–Trinajstić information content (AvgIpc) is 2.75. The minimum atomic E-state index is -0.137. The highest BCUT2D eigenvalue weighted by molar-refractivity contribution is 14.0. The lowest BCUT2D eigenvalue weighted by atomic mass is 10.2. The molecule has 2 N–H and O–H groups in total. The SMILES string of the molecule is CCNC(=NCC(=O)NCc1ccc(OC)cc1)N(C)Cc1ccccc1OC.I. The number of nitrogens with one attached hydrogen (secondary N) is 2. The number of para-hydroxylation sites is 1. The fourth-order valence-electron chi connectivity index (χ4n) is 2.78. The summed E-state index contributed by atoms with van der Waals surface area (Å²) in [7, 11) is 5.22. The molecule has 0 unspecified atom stereocenters. The van der Waals surface area contributed by atoms with Gasteiger partial charge in [-0.2, -0.15) is 0 Å². The zero-order valence-electron chi connectivity index (χ0n) is 18.0. The Hall–Kier alpha value is -2.49. The molecule has 0 aliphatic carbocycles. The molecule has 0 radical (unpaired) electrons. The van der Waals surface area contributed by atoms with E-state index in [1.54, 1.807) is 14.2 Å². The van der Waals surface area contributed by atoms with Crippen molar-refractivity contribution in [2.24, 2.45) is 4.99 Å². The number of hydrogen-bond acceptors (Lipinski definition) is 4. The third kappa shape index (κ3) is 8.10. The fourth-order valence-corrected chi connectivity index (χ4v) is 2.78. The molecule has 30 heavy (non-hydrogen) atoms. The van der Waals surface area contributed by atoms with Crippen LogP contribution in [0.15, 0.2) is 53.5 Å². The molecule has 0 bridgehead atoms. The number of ether oxygens (including phenoxy) is 2. The molecule has 0 aliphatic heterocycles. The number of benzene rings is 2. The van der Waals surface area contributed by atoms with Crippen molar-refractivity contribution >= 4 is 35.8 Å². The Morgan fingerprint density at radius 1 is 1.03 bits per heavy atom. The molecule has 0 aromatic heterocycles. The molecule has 0 heterocycles. The van der Waals surface area contributed by atoms with Crippen LogP contribution in [0.3, 0.4) is 0 Å². The van der Waals surface area contributed by atoms with Gasteiger partial charge in [0.1, 0.15) is 18.0 Å². The number of hydrogen-bond donors (Lipinski definition) is 2. The zero-order chi connectivity index (χ0) is 21.1. The maximum absolute atomic E-state index is 12.2. The van der Waals surface area contributed by atoms with Gasteiger partial charge in [-0.25, -0.2) is 4.99 Å². The van der Waals surface area contributed by atoms with Crippen LogP contribution in [0.5, 0.6) is 11.5 Å². The molecule has 7 nitrogen and oxygen atoms in total. The van der Waals surface area contributed by atoms with Gasteiger partial charge < -0.3 is 25.0 Å². The van der Waals surface area contributed by atoms with E-state index in [1.807, 2.05) is 67.4 Å². The smallest absolute Gasteiger partial charge is 0.242 e. The van der Waals surface area contributed by atoms with Crippen LogP contribution in [0.2, 0.25) is 0 Å². The molecule has 0 saturated heterocycles. The minimum Gasteiger partial charge on any atom is -0.497 e. The molecule has 1 amide bonds. The van der Waals surface area contributed by atoms with Gasteiger partial charge in [0.05, 0.1) is 14.2 Å². The zero-order valence-corrected chi connectivity index (χ0v) is 20.3. The molecule has 2 aromatic carbocycles. The van der Waals surface area contributed by atoms with E-state index in [0.29, 0.717) is 25.6 Å². The average molecular weight is 526 g/mol. The second-order valence-corrected chi connectivity index (χ2v) is 6.46. The summed E-state index contributed by atoms with van der Waals surface area (Å²) in [5.41, 5.74) is 2.05. The maximum atomic E-state index is 12.2. The highest BCUT2D eigenvalue weighted by Crippen LogP contribution is 2.18. The van der Waals surface area contributed by atoms with Crippen LogP contribution < -0.4 is 20.1 Å². The van der Waals surface area contributed by atoms with Crippen molar-refractivity contribution in [1.29, 1.82) is 0 Å². The summed E-state index contributed by atoms with van der Waals surface area (Å²) >= 11 is 0. The monoisotopic (exact) mass is 526 g/mol. The van der Waals surface area contributed by atoms with Gasteiger partial charge in [0, 0.05) is 32.2 Å². The van der Waals surface area contributed by atoms with Crippen molar-refractivity contribution in [3.05, 3.63) is 59.7 Å². The number of rotatable bonds is 9. The molecule has 2 aromatic rings. The molecular weight excluding hydrogens is 495 g/mol. The Morgan fingerprint density at radius 2 is 1.73 bits per heavy atom. The largest absolute Gasteiger partial charge is 0.497 e. The Labute approximate surface area is 195 Å². The Bertz CT molecular complexity index is 812. The van der Waals surface area contributed by atoms with Crippen LogP contribution in [-0.2, 0) is 17.9 Å². The third-order valence-corrected chi connectivity index (χ3v) is 4.32. The van der Waals surface area contributed by atoms with Gasteiger partial charge in [0.15, 0.2) is 5.96 Å². The van der Waals surface area contributed by atoms with Gasteiger partial charge in [-0.1, -0.05) is 30.3 Å². The molecule has 0 atom stereocenters. The summed E-state index contributed by atoms with van der Waals surface area (Å²) in [5.74, 6) is 2.14. The van der Waals surface area contributed by atoms with Crippen molar-refractivity contribution in [2.45, 2.75) is 20.0 Å². The number of guanidine groups is 1. The van der Waals surface area contributed by atoms with E-state index in [4.69, 9.17) is 9.47 Å². The molecule has 0 aliphatic rings. The third-order valence-electron chi connectivity index (χ3n) is 4.32. The number of aliphatic imine (C=N–C) groups is 1. The van der Waals surface area contributed by atoms with Crippen LogP contribution in [0.25, 0.3) is 0 Å². The predicted octanol–water partition coefficient (Wildman–Crippen LogP) is 3.04. The first-order valence-corrected chi connectivity index (χ1v) is 9.58. The molecule has 0 spiro atoms. The van der Waals surface area contributed by atoms with E-state index in [1.165, 1.54) is 0 Å². The van der Waals surface area contributed by atoms with Crippen molar-refractivity contribution in [1.82, 2.24) is 15.5 Å². The number of carbonyl (C=O) groups is 1. The summed E-state index contributed by atoms with van der Waals surface area (Å²) < 4.78 is 10.6. The molecular formula is C22H31IN4O3. The Morgan fingerprint density at radius 3 is 2.37 bits per heavy atom. The van der Waals surface area contributed by atoms with Gasteiger partial charge in [-0.3, -0.25) is 4.79 Å². The highest BCUT2D eigenvalue weighted by Gasteiger charge is 2.10. The highest BCUT2D eigenvalue weighted by atomic mass is 127. The number of carbonyl (C=O) groups excluding carboxylic acids is 1. The standard InChI is InChI=1S/C22H30N4O3.HI/c1-5-23-22(26(2)16-18-8-6-7-9-20(18)29-4)25-15-21(27)24-14-17-10-12-19(28-3)13-11-17;/h6-13H,5,14-16H2,1-4H3,(H,23,25)(H,24,27);1H. The first-order valence-electron chi connectivity index (χ1n) is 9.58. The second-order valence-electron chi connectivity index (χ2n) is 6.46. The van der Waals surface area contributed by atoms with Crippen LogP contribution >= 0.6 is 24.0 Å². The maximum Gasteiger partial charge on any atom is 0.242 e. The van der Waals surface area contributed by atoms with E-state index in [-0.39, 0.29) is 36.4 Å². The topological polar surface area (TPSA) is 75.2 Å². The molecule has 8 heteroatoms. The number of amides is 1. The Kier molecular flexibility index (Phi) is 11.7. The predicted molar refractivity (Wildman–Crippen MR) is 131 cm³/mol. The van der Waals surface area contributed by atoms with Crippen molar-refractivity contribution in [2.75, 3.05) is 34.4 Å². The van der Waals surface area contributed by atoms with Gasteiger partial charge in [0.25, 0.3) is 0 Å². The summed E-state index contributed by atoms with van der Waals surface area (Å²) in [6.45, 7) is 3.82. The lowest BCUT2D eigenvalue weighted by Gasteiger charge is -2.23. The van der Waals surface area contributed by atoms with Crippen LogP contribution in [0, 0.1) is 0 Å². The minimum absolute atomic E-state index is 0. The lowest BCUT2D eigenvalue weighted by molar-refractivity contribution is -0.119. The van der Waals surface area contributed by atoms with Crippen LogP contribution in [0.1, 0.15) is 18.1 Å². The van der Waals surface area contributed by atoms with Gasteiger partial charge >= 0.3 is 0 Å². The van der Waals surface area contributed by atoms with E-state index in [0.717, 1.165) is 22.6 Å².